The summed E-state index contributed by atoms with van der Waals surface area (Å²) in [5.41, 5.74) is 1.89. The maximum Gasteiger partial charge on any atom is 0.267 e. The third kappa shape index (κ3) is 2.08. The number of nitrogens with zero attached hydrogens (tertiary/aromatic N) is 3. The standard InChI is InChI=1S/C15H13N3O3/c19-15(18-6-10-5-16-9-17-11(10)7-18)14-8-20-12-3-1-2-4-13(12)21-14/h1-5,9,14H,6-8H2/t14-/m1/s1. The van der Waals surface area contributed by atoms with Crippen LogP contribution in [0.5, 0.6) is 11.5 Å². The van der Waals surface area contributed by atoms with E-state index < -0.39 is 6.10 Å². The minimum absolute atomic E-state index is 0.0810. The van der Waals surface area contributed by atoms with Crippen LogP contribution < -0.4 is 9.47 Å². The number of carbonyl (C=O) groups is 1. The van der Waals surface area contributed by atoms with Crippen LogP contribution in [0.4, 0.5) is 0 Å². The Hall–Kier alpha value is -2.63. The first-order valence-corrected chi connectivity index (χ1v) is 6.76. The molecule has 4 rings (SSSR count). The molecule has 0 spiro atoms. The lowest BCUT2D eigenvalue weighted by Gasteiger charge is -2.28. The van der Waals surface area contributed by atoms with Gasteiger partial charge >= 0.3 is 0 Å². The number of rotatable bonds is 1. The fourth-order valence-electron chi connectivity index (χ4n) is 2.60. The number of carbonyl (C=O) groups excluding carboxylic acids is 1. The lowest BCUT2D eigenvalue weighted by Crippen LogP contribution is -2.44. The quantitative estimate of drug-likeness (QED) is 0.785. The van der Waals surface area contributed by atoms with Crippen LogP contribution in [0.3, 0.4) is 0 Å². The lowest BCUT2D eigenvalue weighted by atomic mass is 10.2. The minimum atomic E-state index is -0.609. The number of aromatic nitrogens is 2. The highest BCUT2D eigenvalue weighted by Gasteiger charge is 2.34. The number of para-hydroxylation sites is 2. The second-order valence-corrected chi connectivity index (χ2v) is 5.05. The zero-order valence-corrected chi connectivity index (χ0v) is 11.2. The van der Waals surface area contributed by atoms with E-state index in [1.807, 2.05) is 18.2 Å². The van der Waals surface area contributed by atoms with E-state index in [2.05, 4.69) is 9.97 Å². The van der Waals surface area contributed by atoms with Gasteiger partial charge in [0.1, 0.15) is 12.9 Å². The van der Waals surface area contributed by atoms with Crippen LogP contribution in [-0.4, -0.2) is 33.5 Å². The van der Waals surface area contributed by atoms with Gasteiger partial charge in [0, 0.05) is 18.3 Å². The summed E-state index contributed by atoms with van der Waals surface area (Å²) in [6, 6.07) is 7.37. The normalized spacial score (nSPS) is 19.2. The number of hydrogen-bond donors (Lipinski definition) is 0. The Labute approximate surface area is 121 Å². The van der Waals surface area contributed by atoms with Crippen molar-refractivity contribution in [2.24, 2.45) is 0 Å². The molecule has 0 unspecified atom stereocenters. The van der Waals surface area contributed by atoms with E-state index in [4.69, 9.17) is 9.47 Å². The van der Waals surface area contributed by atoms with Crippen molar-refractivity contribution in [2.45, 2.75) is 19.2 Å². The van der Waals surface area contributed by atoms with Gasteiger partial charge < -0.3 is 14.4 Å². The van der Waals surface area contributed by atoms with Crippen LogP contribution in [0.25, 0.3) is 0 Å². The summed E-state index contributed by atoms with van der Waals surface area (Å²) in [4.78, 5) is 22.5. The molecule has 3 heterocycles. The highest BCUT2D eigenvalue weighted by molar-refractivity contribution is 5.82. The molecule has 2 aliphatic heterocycles. The maximum absolute atomic E-state index is 12.6. The monoisotopic (exact) mass is 283 g/mol. The summed E-state index contributed by atoms with van der Waals surface area (Å²) < 4.78 is 11.3. The third-order valence-corrected chi connectivity index (χ3v) is 3.68. The molecule has 1 aromatic carbocycles. The van der Waals surface area contributed by atoms with Crippen molar-refractivity contribution < 1.29 is 14.3 Å². The highest BCUT2D eigenvalue weighted by Crippen LogP contribution is 2.32. The smallest absolute Gasteiger partial charge is 0.267 e. The van der Waals surface area contributed by atoms with Gasteiger partial charge in [0.2, 0.25) is 6.10 Å². The molecule has 106 valence electrons. The van der Waals surface area contributed by atoms with E-state index in [9.17, 15) is 4.79 Å². The second-order valence-electron chi connectivity index (χ2n) is 5.05. The van der Waals surface area contributed by atoms with Crippen LogP contribution in [0.15, 0.2) is 36.8 Å². The molecule has 6 nitrogen and oxygen atoms in total. The summed E-state index contributed by atoms with van der Waals surface area (Å²) >= 11 is 0. The van der Waals surface area contributed by atoms with Gasteiger partial charge in [-0.15, -0.1) is 0 Å². The summed E-state index contributed by atoms with van der Waals surface area (Å²) in [5.74, 6) is 1.21. The minimum Gasteiger partial charge on any atom is -0.485 e. The Morgan fingerprint density at radius 1 is 1.24 bits per heavy atom. The van der Waals surface area contributed by atoms with Gasteiger partial charge in [-0.05, 0) is 12.1 Å². The van der Waals surface area contributed by atoms with Crippen LogP contribution in [0.2, 0.25) is 0 Å². The van der Waals surface area contributed by atoms with E-state index in [0.29, 0.717) is 24.6 Å². The van der Waals surface area contributed by atoms with E-state index in [1.165, 1.54) is 6.33 Å². The topological polar surface area (TPSA) is 64.6 Å². The molecule has 2 aliphatic rings. The van der Waals surface area contributed by atoms with Crippen molar-refractivity contribution >= 4 is 5.91 Å². The summed E-state index contributed by atoms with van der Waals surface area (Å²) in [7, 11) is 0. The van der Waals surface area contributed by atoms with Crippen molar-refractivity contribution in [2.75, 3.05) is 6.61 Å². The number of fused-ring (bicyclic) bond motifs is 2. The first kappa shape index (κ1) is 12.1. The van der Waals surface area contributed by atoms with Crippen molar-refractivity contribution in [1.29, 1.82) is 0 Å². The molecule has 0 N–H and O–H groups in total. The van der Waals surface area contributed by atoms with Gasteiger partial charge in [0.15, 0.2) is 11.5 Å². The zero-order valence-electron chi connectivity index (χ0n) is 11.2. The van der Waals surface area contributed by atoms with Crippen molar-refractivity contribution in [3.05, 3.63) is 48.0 Å². The fourth-order valence-corrected chi connectivity index (χ4v) is 2.60. The molecular formula is C15H13N3O3. The summed E-state index contributed by atoms with van der Waals surface area (Å²) in [6.07, 6.45) is 2.65. The molecular weight excluding hydrogens is 270 g/mol. The number of benzene rings is 1. The molecule has 0 saturated heterocycles. The Bertz CT molecular complexity index is 679. The van der Waals surface area contributed by atoms with E-state index in [-0.39, 0.29) is 12.5 Å². The van der Waals surface area contributed by atoms with Gasteiger partial charge in [-0.25, -0.2) is 9.97 Å². The fraction of sp³-hybridized carbons (Fsp3) is 0.267. The van der Waals surface area contributed by atoms with Gasteiger partial charge in [-0.1, -0.05) is 12.1 Å². The predicted molar refractivity (Wildman–Crippen MR) is 72.6 cm³/mol. The van der Waals surface area contributed by atoms with Crippen LogP contribution in [0, 0.1) is 0 Å². The van der Waals surface area contributed by atoms with Gasteiger partial charge in [-0.2, -0.15) is 0 Å². The third-order valence-electron chi connectivity index (χ3n) is 3.68. The molecule has 1 amide bonds. The number of ether oxygens (including phenoxy) is 2. The van der Waals surface area contributed by atoms with Crippen LogP contribution in [0.1, 0.15) is 11.3 Å². The molecule has 1 aromatic heterocycles. The average Bonchev–Trinajstić information content (AvgIpc) is 2.97. The summed E-state index contributed by atoms with van der Waals surface area (Å²) in [6.45, 7) is 1.25. The highest BCUT2D eigenvalue weighted by atomic mass is 16.6. The van der Waals surface area contributed by atoms with Gasteiger partial charge in [0.25, 0.3) is 5.91 Å². The Balaban J connectivity index is 1.50. The van der Waals surface area contributed by atoms with Crippen molar-refractivity contribution in [3.63, 3.8) is 0 Å². The van der Waals surface area contributed by atoms with E-state index in [1.54, 1.807) is 17.2 Å². The zero-order chi connectivity index (χ0) is 14.2. The largest absolute Gasteiger partial charge is 0.485 e. The molecule has 0 fully saturated rings. The lowest BCUT2D eigenvalue weighted by molar-refractivity contribution is -0.141. The number of amides is 1. The average molecular weight is 283 g/mol. The van der Waals surface area contributed by atoms with Crippen LogP contribution >= 0.6 is 0 Å². The molecule has 21 heavy (non-hydrogen) atoms. The Morgan fingerprint density at radius 3 is 2.95 bits per heavy atom. The molecule has 2 aromatic rings. The second kappa shape index (κ2) is 4.73. The maximum atomic E-state index is 12.6. The molecule has 0 aliphatic carbocycles. The van der Waals surface area contributed by atoms with Gasteiger partial charge in [0.05, 0.1) is 12.2 Å². The first-order valence-electron chi connectivity index (χ1n) is 6.76. The predicted octanol–water partition coefficient (Wildman–Crippen LogP) is 1.16. The molecule has 0 bridgehead atoms. The Morgan fingerprint density at radius 2 is 2.10 bits per heavy atom. The molecule has 0 saturated carbocycles. The molecule has 0 radical (unpaired) electrons. The van der Waals surface area contributed by atoms with E-state index >= 15 is 0 Å². The van der Waals surface area contributed by atoms with Gasteiger partial charge in [-0.3, -0.25) is 4.79 Å². The number of hydrogen-bond acceptors (Lipinski definition) is 5. The van der Waals surface area contributed by atoms with Crippen molar-refractivity contribution in [1.82, 2.24) is 14.9 Å². The van der Waals surface area contributed by atoms with Crippen molar-refractivity contribution in [3.8, 4) is 11.5 Å². The molecule has 6 heteroatoms. The Kier molecular flexibility index (Phi) is 2.73. The van der Waals surface area contributed by atoms with E-state index in [0.717, 1.165) is 11.3 Å². The SMILES string of the molecule is O=C([C@H]1COc2ccccc2O1)N1Cc2cncnc2C1. The molecule has 1 atom stereocenters. The van der Waals surface area contributed by atoms with Crippen LogP contribution in [-0.2, 0) is 17.9 Å². The summed E-state index contributed by atoms with van der Waals surface area (Å²) in [5, 5.41) is 0. The first-order chi connectivity index (χ1) is 10.3.